The fraction of sp³-hybridized carbons (Fsp3) is 0.357. The quantitative estimate of drug-likeness (QED) is 0.878. The van der Waals surface area contributed by atoms with Gasteiger partial charge in [0.2, 0.25) is 0 Å². The van der Waals surface area contributed by atoms with Gasteiger partial charge in [0, 0.05) is 30.5 Å². The Morgan fingerprint density at radius 3 is 2.94 bits per heavy atom. The van der Waals surface area contributed by atoms with Gasteiger partial charge in [-0.05, 0) is 31.0 Å². The fourth-order valence-corrected chi connectivity index (χ4v) is 1.76. The van der Waals surface area contributed by atoms with Crippen molar-refractivity contribution in [1.82, 2.24) is 9.78 Å². The second kappa shape index (κ2) is 5.67. The lowest BCUT2D eigenvalue weighted by Gasteiger charge is -2.05. The number of hydrogen-bond donors (Lipinski definition) is 1. The van der Waals surface area contributed by atoms with Gasteiger partial charge in [-0.15, -0.1) is 0 Å². The van der Waals surface area contributed by atoms with Crippen molar-refractivity contribution < 1.29 is 4.39 Å². The predicted molar refractivity (Wildman–Crippen MR) is 71.0 cm³/mol. The minimum Gasteiger partial charge on any atom is -0.381 e. The lowest BCUT2D eigenvalue weighted by atomic mass is 10.2. The zero-order valence-corrected chi connectivity index (χ0v) is 10.8. The molecule has 18 heavy (non-hydrogen) atoms. The van der Waals surface area contributed by atoms with Crippen molar-refractivity contribution >= 4 is 5.69 Å². The molecule has 1 aromatic heterocycles. The third-order valence-electron chi connectivity index (χ3n) is 2.81. The molecule has 0 radical (unpaired) electrons. The zero-order valence-electron chi connectivity index (χ0n) is 10.8. The Morgan fingerprint density at radius 1 is 1.39 bits per heavy atom. The van der Waals surface area contributed by atoms with Gasteiger partial charge in [-0.1, -0.05) is 13.0 Å². The molecule has 0 spiro atoms. The normalized spacial score (nSPS) is 10.6. The highest BCUT2D eigenvalue weighted by molar-refractivity contribution is 5.45. The van der Waals surface area contributed by atoms with Crippen LogP contribution in [0.3, 0.4) is 0 Å². The molecule has 1 aromatic carbocycles. The summed E-state index contributed by atoms with van der Waals surface area (Å²) < 4.78 is 15.3. The largest absolute Gasteiger partial charge is 0.381 e. The zero-order chi connectivity index (χ0) is 13.0. The van der Waals surface area contributed by atoms with Crippen LogP contribution in [0.2, 0.25) is 0 Å². The Balaban J connectivity index is 1.95. The smallest absolute Gasteiger partial charge is 0.128 e. The third kappa shape index (κ3) is 3.09. The molecule has 0 aliphatic carbocycles. The molecule has 0 bridgehead atoms. The monoisotopic (exact) mass is 247 g/mol. The summed E-state index contributed by atoms with van der Waals surface area (Å²) in [5.74, 6) is -0.179. The van der Waals surface area contributed by atoms with Gasteiger partial charge in [-0.25, -0.2) is 4.39 Å². The van der Waals surface area contributed by atoms with Crippen LogP contribution < -0.4 is 5.32 Å². The Hall–Kier alpha value is -1.84. The lowest BCUT2D eigenvalue weighted by Crippen LogP contribution is -2.00. The number of anilines is 1. The number of halogens is 1. The molecule has 0 atom stereocenters. The van der Waals surface area contributed by atoms with E-state index in [2.05, 4.69) is 17.3 Å². The van der Waals surface area contributed by atoms with Crippen LogP contribution in [0.5, 0.6) is 0 Å². The van der Waals surface area contributed by atoms with E-state index in [1.807, 2.05) is 23.1 Å². The Kier molecular flexibility index (Phi) is 3.97. The molecule has 2 rings (SSSR count). The van der Waals surface area contributed by atoms with E-state index in [9.17, 15) is 4.39 Å². The van der Waals surface area contributed by atoms with E-state index in [1.165, 1.54) is 6.07 Å². The van der Waals surface area contributed by atoms with E-state index >= 15 is 0 Å². The molecule has 2 aromatic rings. The van der Waals surface area contributed by atoms with Gasteiger partial charge >= 0.3 is 0 Å². The second-order valence-corrected chi connectivity index (χ2v) is 4.43. The highest BCUT2D eigenvalue weighted by Gasteiger charge is 2.01. The average Bonchev–Trinajstić information content (AvgIpc) is 2.79. The standard InChI is InChI=1S/C14H18FN3/c1-3-6-18-10-12(9-17-18)8-16-13-5-4-11(2)14(15)7-13/h4-5,7,9-10,16H,3,6,8H2,1-2H3. The molecule has 0 unspecified atom stereocenters. The minimum absolute atomic E-state index is 0.179. The summed E-state index contributed by atoms with van der Waals surface area (Å²) in [5.41, 5.74) is 2.56. The summed E-state index contributed by atoms with van der Waals surface area (Å²) in [6.45, 7) is 5.47. The second-order valence-electron chi connectivity index (χ2n) is 4.43. The number of benzene rings is 1. The van der Waals surface area contributed by atoms with E-state index in [-0.39, 0.29) is 5.82 Å². The van der Waals surface area contributed by atoms with Gasteiger partial charge in [-0.2, -0.15) is 5.10 Å². The Morgan fingerprint density at radius 2 is 2.22 bits per heavy atom. The van der Waals surface area contributed by atoms with Crippen molar-refractivity contribution in [2.75, 3.05) is 5.32 Å². The maximum atomic E-state index is 13.4. The van der Waals surface area contributed by atoms with Crippen molar-refractivity contribution in [3.05, 3.63) is 47.5 Å². The van der Waals surface area contributed by atoms with Crippen molar-refractivity contribution in [2.45, 2.75) is 33.4 Å². The number of nitrogens with one attached hydrogen (secondary N) is 1. The van der Waals surface area contributed by atoms with Gasteiger partial charge in [0.15, 0.2) is 0 Å². The summed E-state index contributed by atoms with van der Waals surface area (Å²) in [7, 11) is 0. The van der Waals surface area contributed by atoms with Gasteiger partial charge in [0.1, 0.15) is 5.82 Å². The van der Waals surface area contributed by atoms with Crippen LogP contribution in [0.4, 0.5) is 10.1 Å². The molecule has 0 amide bonds. The maximum absolute atomic E-state index is 13.4. The number of aryl methyl sites for hydroxylation is 2. The number of aromatic nitrogens is 2. The number of hydrogen-bond acceptors (Lipinski definition) is 2. The van der Waals surface area contributed by atoms with E-state index < -0.39 is 0 Å². The van der Waals surface area contributed by atoms with Crippen molar-refractivity contribution in [3.63, 3.8) is 0 Å². The van der Waals surface area contributed by atoms with Crippen LogP contribution >= 0.6 is 0 Å². The number of nitrogens with zero attached hydrogens (tertiary/aromatic N) is 2. The summed E-state index contributed by atoms with van der Waals surface area (Å²) >= 11 is 0. The van der Waals surface area contributed by atoms with E-state index in [4.69, 9.17) is 0 Å². The molecule has 0 aliphatic rings. The summed E-state index contributed by atoms with van der Waals surface area (Å²) in [4.78, 5) is 0. The first-order valence-electron chi connectivity index (χ1n) is 6.20. The average molecular weight is 247 g/mol. The van der Waals surface area contributed by atoms with Gasteiger partial charge in [0.05, 0.1) is 6.20 Å². The Bertz CT molecular complexity index is 520. The molecule has 0 saturated heterocycles. The van der Waals surface area contributed by atoms with Crippen molar-refractivity contribution in [2.24, 2.45) is 0 Å². The van der Waals surface area contributed by atoms with E-state index in [0.717, 1.165) is 24.2 Å². The third-order valence-corrected chi connectivity index (χ3v) is 2.81. The van der Waals surface area contributed by atoms with Crippen LogP contribution in [0.1, 0.15) is 24.5 Å². The van der Waals surface area contributed by atoms with Crippen LogP contribution in [0, 0.1) is 12.7 Å². The lowest BCUT2D eigenvalue weighted by molar-refractivity contribution is 0.602. The molecule has 3 nitrogen and oxygen atoms in total. The Labute approximate surface area is 107 Å². The topological polar surface area (TPSA) is 29.9 Å². The van der Waals surface area contributed by atoms with Crippen molar-refractivity contribution in [3.8, 4) is 0 Å². The summed E-state index contributed by atoms with van der Waals surface area (Å²) in [6.07, 6.45) is 4.92. The first-order valence-corrected chi connectivity index (χ1v) is 6.20. The minimum atomic E-state index is -0.179. The first-order chi connectivity index (χ1) is 8.69. The SMILES string of the molecule is CCCn1cc(CNc2ccc(C)c(F)c2)cn1. The molecule has 96 valence electrons. The summed E-state index contributed by atoms with van der Waals surface area (Å²) in [6, 6.07) is 5.18. The highest BCUT2D eigenvalue weighted by atomic mass is 19.1. The molecular formula is C14H18FN3. The van der Waals surface area contributed by atoms with Crippen LogP contribution in [0.25, 0.3) is 0 Å². The van der Waals surface area contributed by atoms with Gasteiger partial charge < -0.3 is 5.32 Å². The molecule has 1 N–H and O–H groups in total. The fourth-order valence-electron chi connectivity index (χ4n) is 1.76. The van der Waals surface area contributed by atoms with Crippen LogP contribution in [-0.4, -0.2) is 9.78 Å². The van der Waals surface area contributed by atoms with Crippen LogP contribution in [-0.2, 0) is 13.1 Å². The molecule has 0 aliphatic heterocycles. The van der Waals surface area contributed by atoms with Crippen LogP contribution in [0.15, 0.2) is 30.6 Å². The maximum Gasteiger partial charge on any atom is 0.128 e. The molecular weight excluding hydrogens is 229 g/mol. The first kappa shape index (κ1) is 12.6. The summed E-state index contributed by atoms with van der Waals surface area (Å²) in [5, 5.41) is 7.44. The number of rotatable bonds is 5. The van der Waals surface area contributed by atoms with Gasteiger partial charge in [-0.3, -0.25) is 4.68 Å². The predicted octanol–water partition coefficient (Wildman–Crippen LogP) is 3.35. The molecule has 0 fully saturated rings. The van der Waals surface area contributed by atoms with Gasteiger partial charge in [0.25, 0.3) is 0 Å². The van der Waals surface area contributed by atoms with E-state index in [1.54, 1.807) is 13.0 Å². The van der Waals surface area contributed by atoms with E-state index in [0.29, 0.717) is 12.1 Å². The van der Waals surface area contributed by atoms with Crippen molar-refractivity contribution in [1.29, 1.82) is 0 Å². The molecule has 0 saturated carbocycles. The molecule has 4 heteroatoms. The highest BCUT2D eigenvalue weighted by Crippen LogP contribution is 2.14. The molecule has 1 heterocycles.